The summed E-state index contributed by atoms with van der Waals surface area (Å²) >= 11 is 0. The van der Waals surface area contributed by atoms with Gasteiger partial charge in [-0.2, -0.15) is 0 Å². The molecule has 0 aromatic carbocycles. The fourth-order valence-electron chi connectivity index (χ4n) is 5.14. The highest BCUT2D eigenvalue weighted by atomic mass is 16.7. The van der Waals surface area contributed by atoms with Crippen LogP contribution in [0.15, 0.2) is 0 Å². The van der Waals surface area contributed by atoms with Gasteiger partial charge in [-0.1, -0.05) is 129 Å². The Balaban J connectivity index is 1.80. The van der Waals surface area contributed by atoms with Crippen LogP contribution in [0.1, 0.15) is 135 Å². The summed E-state index contributed by atoms with van der Waals surface area (Å²) in [5.41, 5.74) is 0. The lowest BCUT2D eigenvalue weighted by molar-refractivity contribution is -0.305. The van der Waals surface area contributed by atoms with E-state index in [9.17, 15) is 25.5 Å². The largest absolute Gasteiger partial charge is 0.394 e. The minimum atomic E-state index is -1.49. The molecular weight excluding hydrogens is 500 g/mol. The number of hydrogen-bond donors (Lipinski definition) is 5. The van der Waals surface area contributed by atoms with Crippen LogP contribution in [0.3, 0.4) is 0 Å². The molecule has 1 rings (SSSR count). The third-order valence-electron chi connectivity index (χ3n) is 7.75. The van der Waals surface area contributed by atoms with E-state index in [-0.39, 0.29) is 13.2 Å². The predicted molar refractivity (Wildman–Crippen MR) is 155 cm³/mol. The van der Waals surface area contributed by atoms with Crippen molar-refractivity contribution in [1.29, 1.82) is 0 Å². The minimum absolute atomic E-state index is 0.108. The van der Waals surface area contributed by atoms with Gasteiger partial charge in [-0.05, 0) is 6.42 Å². The first-order valence-electron chi connectivity index (χ1n) is 16.2. The van der Waals surface area contributed by atoms with E-state index in [2.05, 4.69) is 6.92 Å². The molecule has 0 saturated carbocycles. The molecule has 0 aromatic rings. The smallest absolute Gasteiger partial charge is 0.186 e. The van der Waals surface area contributed by atoms with Gasteiger partial charge in [0.2, 0.25) is 0 Å². The number of aliphatic hydroxyl groups is 5. The van der Waals surface area contributed by atoms with Crippen LogP contribution in [0, 0.1) is 0 Å². The third kappa shape index (κ3) is 18.7. The van der Waals surface area contributed by atoms with Gasteiger partial charge >= 0.3 is 0 Å². The second-order valence-electron chi connectivity index (χ2n) is 11.5. The fourth-order valence-corrected chi connectivity index (χ4v) is 5.14. The maximum absolute atomic E-state index is 10.0. The number of rotatable bonds is 27. The second kappa shape index (κ2) is 25.4. The Hall–Kier alpha value is -0.320. The first-order chi connectivity index (χ1) is 19.0. The van der Waals surface area contributed by atoms with Crippen LogP contribution < -0.4 is 0 Å². The molecule has 1 aliphatic rings. The molecule has 0 aromatic heterocycles. The zero-order chi connectivity index (χ0) is 28.6. The van der Waals surface area contributed by atoms with E-state index in [1.165, 1.54) is 116 Å². The lowest BCUT2D eigenvalue weighted by Crippen LogP contribution is -2.59. The van der Waals surface area contributed by atoms with E-state index < -0.39 is 43.4 Å². The van der Waals surface area contributed by atoms with Gasteiger partial charge in [0.1, 0.15) is 30.5 Å². The highest BCUT2D eigenvalue weighted by molar-refractivity contribution is 4.88. The number of aliphatic hydroxyl groups excluding tert-OH is 5. The highest BCUT2D eigenvalue weighted by Crippen LogP contribution is 2.22. The van der Waals surface area contributed by atoms with Crippen molar-refractivity contribution in [1.82, 2.24) is 0 Å². The van der Waals surface area contributed by atoms with Crippen molar-refractivity contribution in [2.24, 2.45) is 0 Å². The molecule has 39 heavy (non-hydrogen) atoms. The maximum Gasteiger partial charge on any atom is 0.186 e. The Labute approximate surface area is 238 Å². The monoisotopic (exact) mass is 562 g/mol. The average molecular weight is 563 g/mol. The molecule has 0 amide bonds. The van der Waals surface area contributed by atoms with Gasteiger partial charge in [-0.3, -0.25) is 0 Å². The molecule has 234 valence electrons. The van der Waals surface area contributed by atoms with Gasteiger partial charge in [0.25, 0.3) is 0 Å². The summed E-state index contributed by atoms with van der Waals surface area (Å²) in [4.78, 5) is 0. The molecule has 0 aliphatic carbocycles. The Kier molecular flexibility index (Phi) is 23.9. The fraction of sp³-hybridized carbons (Fsp3) is 1.00. The Morgan fingerprint density at radius 3 is 1.46 bits per heavy atom. The van der Waals surface area contributed by atoms with Crippen LogP contribution in [0.25, 0.3) is 0 Å². The highest BCUT2D eigenvalue weighted by Gasteiger charge is 2.44. The van der Waals surface area contributed by atoms with Crippen LogP contribution in [-0.4, -0.2) is 88.8 Å². The zero-order valence-corrected chi connectivity index (χ0v) is 24.9. The molecule has 1 heterocycles. The molecule has 1 saturated heterocycles. The summed E-state index contributed by atoms with van der Waals surface area (Å²) in [6.07, 6.45) is 19.4. The number of ether oxygens (including phenoxy) is 3. The quantitative estimate of drug-likeness (QED) is 0.0885. The van der Waals surface area contributed by atoms with Crippen LogP contribution >= 0.6 is 0 Å². The van der Waals surface area contributed by atoms with E-state index in [1.807, 2.05) is 0 Å². The first kappa shape index (κ1) is 36.7. The normalized spacial score (nSPS) is 24.3. The molecule has 8 nitrogen and oxygen atoms in total. The van der Waals surface area contributed by atoms with Crippen molar-refractivity contribution in [3.63, 3.8) is 0 Å². The molecule has 1 unspecified atom stereocenters. The number of hydrogen-bond acceptors (Lipinski definition) is 8. The van der Waals surface area contributed by atoms with Gasteiger partial charge < -0.3 is 39.7 Å². The summed E-state index contributed by atoms with van der Waals surface area (Å²) < 4.78 is 16.1. The van der Waals surface area contributed by atoms with Crippen molar-refractivity contribution < 1.29 is 39.7 Å². The molecular formula is C31H62O8. The van der Waals surface area contributed by atoms with E-state index in [4.69, 9.17) is 14.2 Å². The maximum atomic E-state index is 10.0. The molecule has 0 spiro atoms. The Morgan fingerprint density at radius 1 is 0.590 bits per heavy atom. The lowest BCUT2D eigenvalue weighted by atomic mass is 9.99. The zero-order valence-electron chi connectivity index (χ0n) is 24.9. The molecule has 0 radical (unpaired) electrons. The van der Waals surface area contributed by atoms with Gasteiger partial charge in [-0.15, -0.1) is 0 Å². The molecule has 5 N–H and O–H groups in total. The lowest BCUT2D eigenvalue weighted by Gasteiger charge is -2.39. The third-order valence-corrected chi connectivity index (χ3v) is 7.75. The summed E-state index contributed by atoms with van der Waals surface area (Å²) in [6, 6.07) is 0. The van der Waals surface area contributed by atoms with Gasteiger partial charge in [0.05, 0.1) is 19.8 Å². The predicted octanol–water partition coefficient (Wildman–Crippen LogP) is 5.00. The van der Waals surface area contributed by atoms with E-state index >= 15 is 0 Å². The standard InChI is InChI=1S/C31H62O8/c1-2-3-4-5-6-7-8-9-10-11-12-13-14-15-16-17-18-19-20-21-22-37-24-26(33)25-38-31-30(36)29(35)28(34)27(23-32)39-31/h26-36H,2-25H2,1H3/t26?,27-,28+,29+,30-,31-/m1/s1. The minimum Gasteiger partial charge on any atom is -0.394 e. The molecule has 6 atom stereocenters. The van der Waals surface area contributed by atoms with E-state index in [1.54, 1.807) is 0 Å². The van der Waals surface area contributed by atoms with Crippen molar-refractivity contribution in [3.05, 3.63) is 0 Å². The van der Waals surface area contributed by atoms with Crippen molar-refractivity contribution >= 4 is 0 Å². The van der Waals surface area contributed by atoms with E-state index in [0.29, 0.717) is 6.61 Å². The van der Waals surface area contributed by atoms with E-state index in [0.717, 1.165) is 12.8 Å². The summed E-state index contributed by atoms with van der Waals surface area (Å²) in [5, 5.41) is 48.7. The van der Waals surface area contributed by atoms with Crippen molar-refractivity contribution in [3.8, 4) is 0 Å². The summed E-state index contributed by atoms with van der Waals surface area (Å²) in [7, 11) is 0. The van der Waals surface area contributed by atoms with Crippen molar-refractivity contribution in [2.75, 3.05) is 26.4 Å². The number of unbranched alkanes of at least 4 members (excludes halogenated alkanes) is 19. The van der Waals surface area contributed by atoms with Crippen LogP contribution in [0.2, 0.25) is 0 Å². The topological polar surface area (TPSA) is 129 Å². The molecule has 1 fully saturated rings. The first-order valence-corrected chi connectivity index (χ1v) is 16.2. The summed E-state index contributed by atoms with van der Waals surface area (Å²) in [5.74, 6) is 0. The van der Waals surface area contributed by atoms with Crippen molar-refractivity contribution in [2.45, 2.75) is 172 Å². The second-order valence-corrected chi connectivity index (χ2v) is 11.5. The molecule has 1 aliphatic heterocycles. The average Bonchev–Trinajstić information content (AvgIpc) is 2.94. The molecule has 8 heteroatoms. The van der Waals surface area contributed by atoms with Gasteiger partial charge in [0, 0.05) is 6.61 Å². The Morgan fingerprint density at radius 2 is 1.03 bits per heavy atom. The Bertz CT molecular complexity index is 521. The van der Waals surface area contributed by atoms with Crippen LogP contribution in [0.4, 0.5) is 0 Å². The summed E-state index contributed by atoms with van der Waals surface area (Å²) in [6.45, 7) is 2.30. The van der Waals surface area contributed by atoms with Gasteiger partial charge in [0.15, 0.2) is 6.29 Å². The van der Waals surface area contributed by atoms with Crippen LogP contribution in [0.5, 0.6) is 0 Å². The SMILES string of the molecule is CCCCCCCCCCCCCCCCCCCCCCOCC(O)CO[C@@H]1O[C@H](CO)[C@H](O)[C@H](O)[C@H]1O. The molecule has 0 bridgehead atoms. The van der Waals surface area contributed by atoms with Gasteiger partial charge in [-0.25, -0.2) is 0 Å². The van der Waals surface area contributed by atoms with Crippen LogP contribution in [-0.2, 0) is 14.2 Å².